The molecule has 1 aromatic carbocycles. The lowest BCUT2D eigenvalue weighted by molar-refractivity contribution is 0.0985. The molecule has 70 valence electrons. The standard InChI is InChI=1S/C9H9BrClNO/c10-6-1-2-7(8(11)5-6)9(13)3-4-12/h1-2,5H,3-4,12H2. The van der Waals surface area contributed by atoms with Gasteiger partial charge < -0.3 is 5.73 Å². The van der Waals surface area contributed by atoms with Crippen molar-refractivity contribution >= 4 is 33.3 Å². The molecule has 0 aliphatic heterocycles. The van der Waals surface area contributed by atoms with E-state index in [9.17, 15) is 4.79 Å². The fraction of sp³-hybridized carbons (Fsp3) is 0.222. The highest BCUT2D eigenvalue weighted by atomic mass is 79.9. The third kappa shape index (κ3) is 2.79. The predicted molar refractivity (Wildman–Crippen MR) is 57.2 cm³/mol. The zero-order valence-electron chi connectivity index (χ0n) is 6.89. The number of hydrogen-bond donors (Lipinski definition) is 1. The second kappa shape index (κ2) is 4.74. The highest BCUT2D eigenvalue weighted by molar-refractivity contribution is 9.10. The van der Waals surface area contributed by atoms with E-state index in [1.807, 2.05) is 0 Å². The summed E-state index contributed by atoms with van der Waals surface area (Å²) >= 11 is 9.13. The predicted octanol–water partition coefficient (Wildman–Crippen LogP) is 2.63. The van der Waals surface area contributed by atoms with Crippen LogP contribution in [0.15, 0.2) is 22.7 Å². The molecule has 0 amide bonds. The van der Waals surface area contributed by atoms with Crippen LogP contribution in [0.1, 0.15) is 16.8 Å². The van der Waals surface area contributed by atoms with Crippen molar-refractivity contribution in [1.29, 1.82) is 0 Å². The smallest absolute Gasteiger partial charge is 0.165 e. The Morgan fingerprint density at radius 3 is 2.77 bits per heavy atom. The van der Waals surface area contributed by atoms with E-state index >= 15 is 0 Å². The molecule has 4 heteroatoms. The van der Waals surface area contributed by atoms with Crippen molar-refractivity contribution in [2.24, 2.45) is 5.73 Å². The van der Waals surface area contributed by atoms with Crippen LogP contribution >= 0.6 is 27.5 Å². The average molecular weight is 263 g/mol. The van der Waals surface area contributed by atoms with Gasteiger partial charge in [0.05, 0.1) is 5.02 Å². The van der Waals surface area contributed by atoms with E-state index in [2.05, 4.69) is 15.9 Å². The van der Waals surface area contributed by atoms with Gasteiger partial charge in [0.1, 0.15) is 0 Å². The molecular formula is C9H9BrClNO. The van der Waals surface area contributed by atoms with E-state index in [-0.39, 0.29) is 5.78 Å². The van der Waals surface area contributed by atoms with Crippen LogP contribution in [0.3, 0.4) is 0 Å². The molecule has 0 aliphatic carbocycles. The summed E-state index contributed by atoms with van der Waals surface area (Å²) in [6, 6.07) is 5.19. The van der Waals surface area contributed by atoms with Crippen molar-refractivity contribution in [3.63, 3.8) is 0 Å². The molecule has 0 saturated carbocycles. The summed E-state index contributed by atoms with van der Waals surface area (Å²) in [7, 11) is 0. The Morgan fingerprint density at radius 1 is 1.54 bits per heavy atom. The highest BCUT2D eigenvalue weighted by Crippen LogP contribution is 2.22. The van der Waals surface area contributed by atoms with Crippen molar-refractivity contribution in [2.45, 2.75) is 6.42 Å². The first kappa shape index (κ1) is 10.7. The average Bonchev–Trinajstić information content (AvgIpc) is 2.04. The van der Waals surface area contributed by atoms with Crippen LogP contribution in [0.5, 0.6) is 0 Å². The van der Waals surface area contributed by atoms with Gasteiger partial charge in [-0.05, 0) is 24.7 Å². The van der Waals surface area contributed by atoms with Crippen LogP contribution < -0.4 is 5.73 Å². The largest absolute Gasteiger partial charge is 0.330 e. The number of Topliss-reactive ketones (excluding diaryl/α,β-unsaturated/α-hetero) is 1. The number of rotatable bonds is 3. The quantitative estimate of drug-likeness (QED) is 0.851. The van der Waals surface area contributed by atoms with Gasteiger partial charge in [0.25, 0.3) is 0 Å². The van der Waals surface area contributed by atoms with E-state index in [0.717, 1.165) is 4.47 Å². The fourth-order valence-electron chi connectivity index (χ4n) is 0.981. The molecule has 0 radical (unpaired) electrons. The Morgan fingerprint density at radius 2 is 2.23 bits per heavy atom. The molecule has 1 rings (SSSR count). The van der Waals surface area contributed by atoms with Crippen molar-refractivity contribution in [3.05, 3.63) is 33.3 Å². The number of benzene rings is 1. The van der Waals surface area contributed by atoms with Crippen molar-refractivity contribution in [2.75, 3.05) is 6.54 Å². The van der Waals surface area contributed by atoms with Gasteiger partial charge in [-0.15, -0.1) is 0 Å². The first-order valence-corrected chi connectivity index (χ1v) is 5.00. The first-order valence-electron chi connectivity index (χ1n) is 3.83. The minimum absolute atomic E-state index is 0.0139. The third-order valence-electron chi connectivity index (χ3n) is 1.60. The Kier molecular flexibility index (Phi) is 3.90. The summed E-state index contributed by atoms with van der Waals surface area (Å²) in [4.78, 5) is 11.4. The maximum absolute atomic E-state index is 11.4. The highest BCUT2D eigenvalue weighted by Gasteiger charge is 2.08. The minimum atomic E-state index is -0.0139. The van der Waals surface area contributed by atoms with Gasteiger partial charge in [-0.3, -0.25) is 4.79 Å². The van der Waals surface area contributed by atoms with Gasteiger partial charge in [-0.25, -0.2) is 0 Å². The molecule has 0 atom stereocenters. The number of ketones is 1. The number of nitrogens with two attached hydrogens (primary N) is 1. The fourth-order valence-corrected chi connectivity index (χ4v) is 1.76. The lowest BCUT2D eigenvalue weighted by Crippen LogP contribution is -2.08. The molecule has 0 aliphatic rings. The van der Waals surface area contributed by atoms with Gasteiger partial charge in [0.15, 0.2) is 5.78 Å². The molecule has 2 nitrogen and oxygen atoms in total. The molecule has 0 spiro atoms. The van der Waals surface area contributed by atoms with Crippen LogP contribution in [0.25, 0.3) is 0 Å². The van der Waals surface area contributed by atoms with E-state index in [4.69, 9.17) is 17.3 Å². The van der Waals surface area contributed by atoms with Crippen molar-refractivity contribution in [1.82, 2.24) is 0 Å². The summed E-state index contributed by atoms with van der Waals surface area (Å²) in [5.74, 6) is -0.0139. The van der Waals surface area contributed by atoms with Crippen LogP contribution in [-0.4, -0.2) is 12.3 Å². The number of carbonyl (C=O) groups is 1. The van der Waals surface area contributed by atoms with Crippen LogP contribution in [0.4, 0.5) is 0 Å². The van der Waals surface area contributed by atoms with Crippen LogP contribution in [-0.2, 0) is 0 Å². The molecule has 0 aromatic heterocycles. The van der Waals surface area contributed by atoms with Gasteiger partial charge in [0, 0.05) is 16.5 Å². The molecule has 0 saturated heterocycles. The molecular weight excluding hydrogens is 253 g/mol. The molecule has 0 unspecified atom stereocenters. The molecule has 13 heavy (non-hydrogen) atoms. The van der Waals surface area contributed by atoms with E-state index < -0.39 is 0 Å². The lowest BCUT2D eigenvalue weighted by atomic mass is 10.1. The summed E-state index contributed by atoms with van der Waals surface area (Å²) in [5.41, 5.74) is 5.81. The second-order valence-electron chi connectivity index (χ2n) is 2.59. The Balaban J connectivity index is 2.95. The Labute approximate surface area is 90.2 Å². The zero-order valence-corrected chi connectivity index (χ0v) is 9.23. The monoisotopic (exact) mass is 261 g/mol. The van der Waals surface area contributed by atoms with Crippen LogP contribution in [0.2, 0.25) is 5.02 Å². The van der Waals surface area contributed by atoms with E-state index in [1.54, 1.807) is 18.2 Å². The van der Waals surface area contributed by atoms with Crippen molar-refractivity contribution in [3.8, 4) is 0 Å². The second-order valence-corrected chi connectivity index (χ2v) is 3.91. The number of halogens is 2. The van der Waals surface area contributed by atoms with Gasteiger partial charge in [-0.1, -0.05) is 27.5 Å². The van der Waals surface area contributed by atoms with Gasteiger partial charge in [0.2, 0.25) is 0 Å². The Hall–Kier alpha value is -0.380. The van der Waals surface area contributed by atoms with Crippen molar-refractivity contribution < 1.29 is 4.79 Å². The molecule has 1 aromatic rings. The normalized spacial score (nSPS) is 10.1. The van der Waals surface area contributed by atoms with Gasteiger partial charge in [-0.2, -0.15) is 0 Å². The summed E-state index contributed by atoms with van der Waals surface area (Å²) in [6.45, 7) is 0.352. The number of hydrogen-bond acceptors (Lipinski definition) is 2. The first-order chi connectivity index (χ1) is 6.15. The summed E-state index contributed by atoms with van der Waals surface area (Å²) < 4.78 is 0.863. The molecule has 0 heterocycles. The maximum Gasteiger partial charge on any atom is 0.165 e. The molecule has 0 fully saturated rings. The Bertz CT molecular complexity index is 327. The van der Waals surface area contributed by atoms with E-state index in [0.29, 0.717) is 23.6 Å². The third-order valence-corrected chi connectivity index (χ3v) is 2.41. The van der Waals surface area contributed by atoms with E-state index in [1.165, 1.54) is 0 Å². The zero-order chi connectivity index (χ0) is 9.84. The topological polar surface area (TPSA) is 43.1 Å². The molecule has 0 bridgehead atoms. The molecule has 2 N–H and O–H groups in total. The summed E-state index contributed by atoms with van der Waals surface area (Å²) in [5, 5.41) is 0.466. The maximum atomic E-state index is 11.4. The number of carbonyl (C=O) groups excluding carboxylic acids is 1. The minimum Gasteiger partial charge on any atom is -0.330 e. The van der Waals surface area contributed by atoms with Crippen LogP contribution in [0, 0.1) is 0 Å². The lowest BCUT2D eigenvalue weighted by Gasteiger charge is -2.02. The summed E-state index contributed by atoms with van der Waals surface area (Å²) in [6.07, 6.45) is 0.335. The SMILES string of the molecule is NCCC(=O)c1ccc(Br)cc1Cl. The van der Waals surface area contributed by atoms with Gasteiger partial charge >= 0.3 is 0 Å².